The highest BCUT2D eigenvalue weighted by atomic mass is 16.6. The Morgan fingerprint density at radius 3 is 2.21 bits per heavy atom. The molecule has 0 aliphatic heterocycles. The van der Waals surface area contributed by atoms with Crippen LogP contribution in [-0.2, 0) is 4.79 Å². The van der Waals surface area contributed by atoms with Gasteiger partial charge in [-0.1, -0.05) is 26.0 Å². The summed E-state index contributed by atoms with van der Waals surface area (Å²) < 4.78 is 15.7. The molecular weight excluding hydrogens is 358 g/mol. The summed E-state index contributed by atoms with van der Waals surface area (Å²) in [7, 11) is 1.59. The zero-order valence-corrected chi connectivity index (χ0v) is 16.3. The van der Waals surface area contributed by atoms with Crippen molar-refractivity contribution in [3.8, 4) is 22.8 Å². The van der Waals surface area contributed by atoms with Gasteiger partial charge in [0.15, 0.2) is 11.8 Å². The predicted octanol–water partition coefficient (Wildman–Crippen LogP) is 4.27. The molecule has 1 N–H and O–H groups in total. The number of carbonyl (C=O) groups excluding carboxylic acids is 1. The Labute approximate surface area is 163 Å². The normalized spacial score (nSPS) is 11.9. The Morgan fingerprint density at radius 2 is 1.61 bits per heavy atom. The van der Waals surface area contributed by atoms with Crippen molar-refractivity contribution in [2.75, 3.05) is 12.4 Å². The molecule has 1 heterocycles. The Morgan fingerprint density at radius 1 is 0.964 bits per heavy atom. The quantitative estimate of drug-likeness (QED) is 0.657. The summed E-state index contributed by atoms with van der Waals surface area (Å²) in [6, 6.07) is 14.9. The van der Waals surface area contributed by atoms with Gasteiger partial charge < -0.3 is 14.8 Å². The Kier molecular flexibility index (Phi) is 5.93. The van der Waals surface area contributed by atoms with Gasteiger partial charge in [0, 0.05) is 5.56 Å². The topological polar surface area (TPSA) is 86.5 Å². The number of nitrogens with one attached hydrogen (secondary N) is 1. The minimum Gasteiger partial charge on any atom is -0.497 e. The van der Waals surface area contributed by atoms with E-state index in [-0.39, 0.29) is 11.7 Å². The Balaban J connectivity index is 1.66. The van der Waals surface area contributed by atoms with Crippen LogP contribution in [0.3, 0.4) is 0 Å². The number of aromatic nitrogens is 2. The average molecular weight is 381 g/mol. The van der Waals surface area contributed by atoms with E-state index in [1.54, 1.807) is 26.2 Å². The van der Waals surface area contributed by atoms with E-state index in [2.05, 4.69) is 29.5 Å². The molecule has 2 aromatic carbocycles. The van der Waals surface area contributed by atoms with Crippen molar-refractivity contribution in [2.45, 2.75) is 32.8 Å². The van der Waals surface area contributed by atoms with E-state index in [0.717, 1.165) is 11.3 Å². The molecule has 0 aliphatic rings. The largest absolute Gasteiger partial charge is 0.497 e. The molecule has 3 rings (SSSR count). The van der Waals surface area contributed by atoms with Gasteiger partial charge in [-0.05, 0) is 65.1 Å². The predicted molar refractivity (Wildman–Crippen MR) is 106 cm³/mol. The summed E-state index contributed by atoms with van der Waals surface area (Å²) in [6.07, 6.45) is -0.717. The molecule has 0 aliphatic carbocycles. The fraction of sp³-hybridized carbons (Fsp3) is 0.286. The molecule has 1 aromatic heterocycles. The zero-order valence-electron chi connectivity index (χ0n) is 16.3. The third kappa shape index (κ3) is 4.49. The standard InChI is InChI=1S/C21H23N3O4/c1-13(2)15-5-11-18(12-6-15)27-14(3)21(25)22-20-19(23-28-24-20)16-7-9-17(26-4)10-8-16/h5-14H,1-4H3,(H,22,24,25)/t14-/m1/s1. The van der Waals surface area contributed by atoms with Gasteiger partial charge in [0.1, 0.15) is 11.5 Å². The number of hydrogen-bond acceptors (Lipinski definition) is 6. The molecule has 28 heavy (non-hydrogen) atoms. The van der Waals surface area contributed by atoms with Crippen LogP contribution >= 0.6 is 0 Å². The van der Waals surface area contributed by atoms with Crippen molar-refractivity contribution in [1.82, 2.24) is 10.3 Å². The summed E-state index contributed by atoms with van der Waals surface area (Å²) in [5.41, 5.74) is 2.39. The van der Waals surface area contributed by atoms with Crippen LogP contribution in [0.5, 0.6) is 11.5 Å². The number of carbonyl (C=O) groups is 1. The second kappa shape index (κ2) is 8.56. The van der Waals surface area contributed by atoms with Crippen LogP contribution in [0.2, 0.25) is 0 Å². The zero-order chi connectivity index (χ0) is 20.1. The van der Waals surface area contributed by atoms with Crippen LogP contribution in [-0.4, -0.2) is 29.4 Å². The number of amides is 1. The number of benzene rings is 2. The minimum absolute atomic E-state index is 0.237. The van der Waals surface area contributed by atoms with E-state index in [9.17, 15) is 4.79 Å². The minimum atomic E-state index is -0.717. The van der Waals surface area contributed by atoms with Crippen LogP contribution in [0.1, 0.15) is 32.3 Å². The summed E-state index contributed by atoms with van der Waals surface area (Å²) in [4.78, 5) is 12.5. The van der Waals surface area contributed by atoms with Gasteiger partial charge in [0.2, 0.25) is 5.82 Å². The molecular formula is C21H23N3O4. The molecule has 0 bridgehead atoms. The lowest BCUT2D eigenvalue weighted by molar-refractivity contribution is -0.122. The lowest BCUT2D eigenvalue weighted by Gasteiger charge is -2.15. The second-order valence-electron chi connectivity index (χ2n) is 6.66. The van der Waals surface area contributed by atoms with Crippen LogP contribution < -0.4 is 14.8 Å². The smallest absolute Gasteiger partial charge is 0.266 e. The SMILES string of the molecule is COc1ccc(-c2nonc2NC(=O)[C@@H](C)Oc2ccc(C(C)C)cc2)cc1. The first-order valence-corrected chi connectivity index (χ1v) is 9.02. The van der Waals surface area contributed by atoms with Gasteiger partial charge in [-0.15, -0.1) is 0 Å². The van der Waals surface area contributed by atoms with Crippen molar-refractivity contribution in [2.24, 2.45) is 0 Å². The molecule has 0 unspecified atom stereocenters. The molecule has 1 atom stereocenters. The van der Waals surface area contributed by atoms with Crippen LogP contribution in [0, 0.1) is 0 Å². The van der Waals surface area contributed by atoms with Crippen LogP contribution in [0.4, 0.5) is 5.82 Å². The molecule has 1 amide bonds. The number of ether oxygens (including phenoxy) is 2. The molecule has 0 radical (unpaired) electrons. The maximum absolute atomic E-state index is 12.5. The molecule has 0 fully saturated rings. The highest BCUT2D eigenvalue weighted by Crippen LogP contribution is 2.26. The maximum atomic E-state index is 12.5. The van der Waals surface area contributed by atoms with E-state index in [0.29, 0.717) is 17.4 Å². The lowest BCUT2D eigenvalue weighted by Crippen LogP contribution is -2.30. The first-order chi connectivity index (χ1) is 13.5. The van der Waals surface area contributed by atoms with E-state index >= 15 is 0 Å². The number of methoxy groups -OCH3 is 1. The number of nitrogens with zero attached hydrogens (tertiary/aromatic N) is 2. The monoisotopic (exact) mass is 381 g/mol. The molecule has 0 saturated heterocycles. The average Bonchev–Trinajstić information content (AvgIpc) is 3.16. The van der Waals surface area contributed by atoms with E-state index in [1.807, 2.05) is 36.4 Å². The first-order valence-electron chi connectivity index (χ1n) is 9.02. The molecule has 0 spiro atoms. The van der Waals surface area contributed by atoms with Crippen molar-refractivity contribution in [3.05, 3.63) is 54.1 Å². The van der Waals surface area contributed by atoms with Crippen LogP contribution in [0.25, 0.3) is 11.3 Å². The van der Waals surface area contributed by atoms with Gasteiger partial charge >= 0.3 is 0 Å². The molecule has 7 heteroatoms. The fourth-order valence-corrected chi connectivity index (χ4v) is 2.62. The Hall–Kier alpha value is -3.35. The summed E-state index contributed by atoms with van der Waals surface area (Å²) in [5, 5.41) is 10.4. The van der Waals surface area contributed by atoms with Gasteiger partial charge in [-0.25, -0.2) is 4.63 Å². The van der Waals surface area contributed by atoms with E-state index in [1.165, 1.54) is 5.56 Å². The third-order valence-electron chi connectivity index (χ3n) is 4.32. The summed E-state index contributed by atoms with van der Waals surface area (Å²) in [6.45, 7) is 5.92. The van der Waals surface area contributed by atoms with E-state index in [4.69, 9.17) is 14.1 Å². The second-order valence-corrected chi connectivity index (χ2v) is 6.66. The van der Waals surface area contributed by atoms with Crippen molar-refractivity contribution < 1.29 is 18.9 Å². The van der Waals surface area contributed by atoms with Gasteiger partial charge in [-0.2, -0.15) is 0 Å². The first kappa shape index (κ1) is 19.4. The molecule has 7 nitrogen and oxygen atoms in total. The van der Waals surface area contributed by atoms with E-state index < -0.39 is 6.10 Å². The van der Waals surface area contributed by atoms with Gasteiger partial charge in [0.05, 0.1) is 7.11 Å². The summed E-state index contributed by atoms with van der Waals surface area (Å²) >= 11 is 0. The van der Waals surface area contributed by atoms with Crippen molar-refractivity contribution >= 4 is 11.7 Å². The molecule has 3 aromatic rings. The highest BCUT2D eigenvalue weighted by molar-refractivity contribution is 5.95. The van der Waals surface area contributed by atoms with Gasteiger partial charge in [0.25, 0.3) is 5.91 Å². The molecule has 146 valence electrons. The third-order valence-corrected chi connectivity index (χ3v) is 4.32. The number of hydrogen-bond donors (Lipinski definition) is 1. The lowest BCUT2D eigenvalue weighted by atomic mass is 10.0. The summed E-state index contributed by atoms with van der Waals surface area (Å²) in [5.74, 6) is 1.67. The fourth-order valence-electron chi connectivity index (χ4n) is 2.62. The van der Waals surface area contributed by atoms with Crippen molar-refractivity contribution in [1.29, 1.82) is 0 Å². The number of rotatable bonds is 7. The number of anilines is 1. The van der Waals surface area contributed by atoms with Gasteiger partial charge in [-0.3, -0.25) is 4.79 Å². The van der Waals surface area contributed by atoms with Crippen molar-refractivity contribution in [3.63, 3.8) is 0 Å². The Bertz CT molecular complexity index is 918. The highest BCUT2D eigenvalue weighted by Gasteiger charge is 2.20. The molecule has 0 saturated carbocycles. The maximum Gasteiger partial charge on any atom is 0.266 e. The van der Waals surface area contributed by atoms with Crippen LogP contribution in [0.15, 0.2) is 53.2 Å².